The molecule has 3 aromatic rings. The highest BCUT2D eigenvalue weighted by Crippen LogP contribution is 2.24. The lowest BCUT2D eigenvalue weighted by Gasteiger charge is -2.13. The van der Waals surface area contributed by atoms with Gasteiger partial charge in [-0.2, -0.15) is 0 Å². The van der Waals surface area contributed by atoms with Gasteiger partial charge in [-0.05, 0) is 73.5 Å². The molecule has 0 radical (unpaired) electrons. The Hall–Kier alpha value is -2.90. The van der Waals surface area contributed by atoms with Crippen LogP contribution < -0.4 is 10.0 Å². The SMILES string of the molecule is Cc1ccc(C)c(NS(=O)(=O)c2ccc(NC(=O)c3ccc(Cl)cc3)c(F)c2)c1. The molecule has 0 atom stereocenters. The number of rotatable bonds is 5. The Bertz CT molecular complexity index is 1180. The van der Waals surface area contributed by atoms with Crippen molar-refractivity contribution in [3.8, 4) is 0 Å². The van der Waals surface area contributed by atoms with Gasteiger partial charge < -0.3 is 5.32 Å². The van der Waals surface area contributed by atoms with Crippen LogP contribution in [0.5, 0.6) is 0 Å². The lowest BCUT2D eigenvalue weighted by Crippen LogP contribution is -2.16. The quantitative estimate of drug-likeness (QED) is 0.585. The van der Waals surface area contributed by atoms with Gasteiger partial charge in [0.25, 0.3) is 15.9 Å². The molecule has 8 heteroatoms. The zero-order valence-electron chi connectivity index (χ0n) is 15.7. The van der Waals surface area contributed by atoms with Crippen LogP contribution in [-0.4, -0.2) is 14.3 Å². The summed E-state index contributed by atoms with van der Waals surface area (Å²) in [5.74, 6) is -1.40. The van der Waals surface area contributed by atoms with Gasteiger partial charge >= 0.3 is 0 Å². The molecule has 3 rings (SSSR count). The molecule has 0 unspecified atom stereocenters. The van der Waals surface area contributed by atoms with Crippen LogP contribution in [0.1, 0.15) is 21.5 Å². The van der Waals surface area contributed by atoms with Gasteiger partial charge in [0.2, 0.25) is 0 Å². The fraction of sp³-hybridized carbons (Fsp3) is 0.0952. The molecule has 1 amide bonds. The predicted octanol–water partition coefficient (Wildman–Crippen LogP) is 5.15. The Kier molecular flexibility index (Phi) is 5.91. The van der Waals surface area contributed by atoms with Crippen molar-refractivity contribution < 1.29 is 17.6 Å². The van der Waals surface area contributed by atoms with Crippen molar-refractivity contribution in [3.05, 3.63) is 88.2 Å². The molecule has 0 aromatic heterocycles. The molecule has 0 aliphatic heterocycles. The minimum Gasteiger partial charge on any atom is -0.319 e. The Morgan fingerprint density at radius 2 is 1.62 bits per heavy atom. The van der Waals surface area contributed by atoms with E-state index in [1.165, 1.54) is 24.3 Å². The molecule has 0 aliphatic carbocycles. The summed E-state index contributed by atoms with van der Waals surface area (Å²) >= 11 is 5.78. The third kappa shape index (κ3) is 4.93. The summed E-state index contributed by atoms with van der Waals surface area (Å²) in [6, 6.07) is 14.8. The van der Waals surface area contributed by atoms with Crippen LogP contribution in [0.25, 0.3) is 0 Å². The number of anilines is 2. The second-order valence-electron chi connectivity index (χ2n) is 6.53. The van der Waals surface area contributed by atoms with Crippen molar-refractivity contribution in [1.82, 2.24) is 0 Å². The standard InChI is InChI=1S/C21H18ClFN2O3S/c1-13-3-4-14(2)20(11-13)25-29(27,28)17-9-10-19(18(23)12-17)24-21(26)15-5-7-16(22)8-6-15/h3-12,25H,1-2H3,(H,24,26). The van der Waals surface area contributed by atoms with Crippen LogP contribution in [-0.2, 0) is 10.0 Å². The molecule has 0 fully saturated rings. The van der Waals surface area contributed by atoms with Crippen molar-refractivity contribution in [2.45, 2.75) is 18.7 Å². The highest BCUT2D eigenvalue weighted by Gasteiger charge is 2.18. The van der Waals surface area contributed by atoms with Gasteiger partial charge in [0.15, 0.2) is 0 Å². The molecule has 0 heterocycles. The first-order valence-corrected chi connectivity index (χ1v) is 10.5. The lowest BCUT2D eigenvalue weighted by atomic mass is 10.1. The molecule has 150 valence electrons. The third-order valence-electron chi connectivity index (χ3n) is 4.24. The van der Waals surface area contributed by atoms with Gasteiger partial charge in [0.05, 0.1) is 16.3 Å². The van der Waals surface area contributed by atoms with Crippen LogP contribution in [0, 0.1) is 19.7 Å². The van der Waals surface area contributed by atoms with Crippen molar-refractivity contribution in [2.75, 3.05) is 10.0 Å². The monoisotopic (exact) mass is 432 g/mol. The van der Waals surface area contributed by atoms with E-state index in [0.717, 1.165) is 17.2 Å². The molecule has 0 spiro atoms. The molecular formula is C21H18ClFN2O3S. The summed E-state index contributed by atoms with van der Waals surface area (Å²) in [6.45, 7) is 3.61. The summed E-state index contributed by atoms with van der Waals surface area (Å²) in [5.41, 5.74) is 2.22. The van der Waals surface area contributed by atoms with Crippen molar-refractivity contribution in [2.24, 2.45) is 0 Å². The molecule has 29 heavy (non-hydrogen) atoms. The molecule has 5 nitrogen and oxygen atoms in total. The summed E-state index contributed by atoms with van der Waals surface area (Å²) < 4.78 is 42.2. The lowest BCUT2D eigenvalue weighted by molar-refractivity contribution is 0.102. The van der Waals surface area contributed by atoms with Crippen LogP contribution in [0.3, 0.4) is 0 Å². The number of nitrogens with one attached hydrogen (secondary N) is 2. The van der Waals surface area contributed by atoms with E-state index >= 15 is 0 Å². The normalized spacial score (nSPS) is 11.2. The van der Waals surface area contributed by atoms with E-state index in [-0.39, 0.29) is 10.6 Å². The maximum absolute atomic E-state index is 14.5. The minimum absolute atomic E-state index is 0.129. The van der Waals surface area contributed by atoms with Crippen LogP contribution in [0.2, 0.25) is 5.02 Å². The van der Waals surface area contributed by atoms with E-state index in [4.69, 9.17) is 11.6 Å². The second kappa shape index (κ2) is 8.23. The Labute approximate surface area is 173 Å². The Morgan fingerprint density at radius 3 is 2.28 bits per heavy atom. The molecule has 0 bridgehead atoms. The minimum atomic E-state index is -3.99. The van der Waals surface area contributed by atoms with Crippen molar-refractivity contribution in [1.29, 1.82) is 0 Å². The molecule has 0 aliphatic rings. The molecule has 0 saturated heterocycles. The number of aryl methyl sites for hydroxylation is 2. The van der Waals surface area contributed by atoms with Gasteiger partial charge in [-0.25, -0.2) is 12.8 Å². The van der Waals surface area contributed by atoms with Gasteiger partial charge in [0.1, 0.15) is 5.82 Å². The number of carbonyl (C=O) groups excluding carboxylic acids is 1. The fourth-order valence-electron chi connectivity index (χ4n) is 2.61. The van der Waals surface area contributed by atoms with Gasteiger partial charge in [-0.1, -0.05) is 23.7 Å². The largest absolute Gasteiger partial charge is 0.319 e. The van der Waals surface area contributed by atoms with E-state index in [1.54, 1.807) is 31.2 Å². The van der Waals surface area contributed by atoms with Crippen molar-refractivity contribution in [3.63, 3.8) is 0 Å². The highest BCUT2D eigenvalue weighted by molar-refractivity contribution is 7.92. The van der Waals surface area contributed by atoms with Crippen LogP contribution in [0.15, 0.2) is 65.6 Å². The maximum Gasteiger partial charge on any atom is 0.262 e. The summed E-state index contributed by atoms with van der Waals surface area (Å²) in [5, 5.41) is 2.89. The number of halogens is 2. The first kappa shape index (κ1) is 20.8. The highest BCUT2D eigenvalue weighted by atomic mass is 35.5. The number of hydrogen-bond acceptors (Lipinski definition) is 3. The Balaban J connectivity index is 1.82. The topological polar surface area (TPSA) is 75.3 Å². The number of benzene rings is 3. The number of carbonyl (C=O) groups is 1. The average molecular weight is 433 g/mol. The number of hydrogen-bond donors (Lipinski definition) is 2. The zero-order chi connectivity index (χ0) is 21.2. The third-order valence-corrected chi connectivity index (χ3v) is 5.86. The molecule has 2 N–H and O–H groups in total. The van der Waals surface area contributed by atoms with E-state index in [9.17, 15) is 17.6 Å². The first-order chi connectivity index (χ1) is 13.7. The van der Waals surface area contributed by atoms with Gasteiger partial charge in [-0.15, -0.1) is 0 Å². The Morgan fingerprint density at radius 1 is 0.931 bits per heavy atom. The summed E-state index contributed by atoms with van der Waals surface area (Å²) in [7, 11) is -3.99. The van der Waals surface area contributed by atoms with E-state index in [2.05, 4.69) is 10.0 Å². The van der Waals surface area contributed by atoms with Crippen LogP contribution in [0.4, 0.5) is 15.8 Å². The van der Waals surface area contributed by atoms with Crippen molar-refractivity contribution >= 4 is 38.9 Å². The summed E-state index contributed by atoms with van der Waals surface area (Å²) in [4.78, 5) is 12.0. The van der Waals surface area contributed by atoms with E-state index in [0.29, 0.717) is 16.3 Å². The van der Waals surface area contributed by atoms with E-state index < -0.39 is 21.7 Å². The van der Waals surface area contributed by atoms with Crippen LogP contribution >= 0.6 is 11.6 Å². The first-order valence-electron chi connectivity index (χ1n) is 8.62. The average Bonchev–Trinajstić information content (AvgIpc) is 2.66. The predicted molar refractivity (Wildman–Crippen MR) is 113 cm³/mol. The zero-order valence-corrected chi connectivity index (χ0v) is 17.2. The number of amides is 1. The second-order valence-corrected chi connectivity index (χ2v) is 8.65. The van der Waals surface area contributed by atoms with Gasteiger partial charge in [0, 0.05) is 10.6 Å². The number of sulfonamides is 1. The molecule has 3 aromatic carbocycles. The molecular weight excluding hydrogens is 415 g/mol. The maximum atomic E-state index is 14.5. The summed E-state index contributed by atoms with van der Waals surface area (Å²) in [6.07, 6.45) is 0. The fourth-order valence-corrected chi connectivity index (χ4v) is 3.87. The van der Waals surface area contributed by atoms with Gasteiger partial charge in [-0.3, -0.25) is 9.52 Å². The van der Waals surface area contributed by atoms with E-state index in [1.807, 2.05) is 13.0 Å². The molecule has 0 saturated carbocycles. The smallest absolute Gasteiger partial charge is 0.262 e.